The summed E-state index contributed by atoms with van der Waals surface area (Å²) in [5, 5.41) is 5.59. The van der Waals surface area contributed by atoms with E-state index in [2.05, 4.69) is 15.6 Å². The topological polar surface area (TPSA) is 110 Å². The fraction of sp³-hybridized carbons (Fsp3) is 0.562. The van der Waals surface area contributed by atoms with E-state index in [1.165, 1.54) is 0 Å². The number of hydrogen-bond acceptors (Lipinski definition) is 6. The number of aromatic nitrogens is 1. The number of nitrogens with one attached hydrogen (secondary N) is 2. The molecule has 8 nitrogen and oxygen atoms in total. The molecule has 2 fully saturated rings. The van der Waals surface area contributed by atoms with Crippen LogP contribution >= 0.6 is 24.8 Å². The number of hydrogen-bond donors (Lipinski definition) is 3. The van der Waals surface area contributed by atoms with Gasteiger partial charge in [0.15, 0.2) is 0 Å². The van der Waals surface area contributed by atoms with Crippen molar-refractivity contribution in [1.82, 2.24) is 10.3 Å². The predicted molar refractivity (Wildman–Crippen MR) is 104 cm³/mol. The highest BCUT2D eigenvalue weighted by atomic mass is 35.5. The molecule has 2 aliphatic rings. The second-order valence-electron chi connectivity index (χ2n) is 6.14. The smallest absolute Gasteiger partial charge is 0.241 e. The average Bonchev–Trinajstić information content (AvgIpc) is 2.62. The Balaban J connectivity index is 0.00000169. The first-order valence-corrected chi connectivity index (χ1v) is 8.25. The van der Waals surface area contributed by atoms with Crippen molar-refractivity contribution in [3.63, 3.8) is 0 Å². The van der Waals surface area contributed by atoms with Gasteiger partial charge in [0.05, 0.1) is 24.5 Å². The number of nitrogens with zero attached hydrogens (tertiary/aromatic N) is 2. The van der Waals surface area contributed by atoms with Crippen molar-refractivity contribution in [2.45, 2.75) is 18.9 Å². The number of carbonyl (C=O) groups is 2. The summed E-state index contributed by atoms with van der Waals surface area (Å²) < 4.78 is 5.30. The second-order valence-corrected chi connectivity index (χ2v) is 6.14. The van der Waals surface area contributed by atoms with Gasteiger partial charge in [-0.25, -0.2) is 4.98 Å². The molecule has 2 aliphatic heterocycles. The van der Waals surface area contributed by atoms with E-state index in [4.69, 9.17) is 10.5 Å². The van der Waals surface area contributed by atoms with Crippen molar-refractivity contribution >= 4 is 48.1 Å². The van der Waals surface area contributed by atoms with Crippen LogP contribution in [0.15, 0.2) is 18.3 Å². The molecule has 2 amide bonds. The molecule has 0 aromatic carbocycles. The first kappa shape index (κ1) is 22.4. The lowest BCUT2D eigenvalue weighted by Crippen LogP contribution is -2.48. The van der Waals surface area contributed by atoms with E-state index in [0.717, 1.165) is 25.2 Å². The number of piperazine rings is 1. The van der Waals surface area contributed by atoms with Crippen molar-refractivity contribution < 1.29 is 14.3 Å². The zero-order chi connectivity index (χ0) is 16.9. The second kappa shape index (κ2) is 10.5. The number of halogens is 2. The zero-order valence-electron chi connectivity index (χ0n) is 14.3. The third kappa shape index (κ3) is 5.70. The highest BCUT2D eigenvalue weighted by Gasteiger charge is 2.26. The van der Waals surface area contributed by atoms with Gasteiger partial charge in [0.1, 0.15) is 5.82 Å². The Morgan fingerprint density at radius 2 is 2.08 bits per heavy atom. The molecule has 26 heavy (non-hydrogen) atoms. The van der Waals surface area contributed by atoms with Gasteiger partial charge < -0.3 is 26.0 Å². The number of rotatable bonds is 4. The number of amides is 2. The van der Waals surface area contributed by atoms with Crippen LogP contribution in [0.4, 0.5) is 11.5 Å². The Morgan fingerprint density at radius 1 is 1.35 bits per heavy atom. The molecule has 0 radical (unpaired) electrons. The van der Waals surface area contributed by atoms with Crippen LogP contribution in [0.3, 0.4) is 0 Å². The number of carbonyl (C=O) groups excluding carboxylic acids is 2. The normalized spacial score (nSPS) is 18.8. The van der Waals surface area contributed by atoms with Crippen LogP contribution in [0.2, 0.25) is 0 Å². The number of nitrogens with two attached hydrogens (primary N) is 1. The van der Waals surface area contributed by atoms with Crippen molar-refractivity contribution in [3.8, 4) is 0 Å². The molecule has 2 saturated heterocycles. The maximum Gasteiger partial charge on any atom is 0.241 e. The lowest BCUT2D eigenvalue weighted by molar-refractivity contribution is -0.120. The summed E-state index contributed by atoms with van der Waals surface area (Å²) in [5.41, 5.74) is 6.67. The van der Waals surface area contributed by atoms with Crippen LogP contribution < -0.4 is 21.3 Å². The van der Waals surface area contributed by atoms with Gasteiger partial charge in [-0.15, -0.1) is 24.8 Å². The van der Waals surface area contributed by atoms with E-state index in [-0.39, 0.29) is 42.5 Å². The summed E-state index contributed by atoms with van der Waals surface area (Å²) >= 11 is 0. The maximum atomic E-state index is 12.3. The van der Waals surface area contributed by atoms with Gasteiger partial charge in [0.25, 0.3) is 0 Å². The largest absolute Gasteiger partial charge is 0.381 e. The quantitative estimate of drug-likeness (QED) is 0.674. The van der Waals surface area contributed by atoms with Crippen LogP contribution in [0.1, 0.15) is 12.8 Å². The minimum absolute atomic E-state index is 0. The molecule has 3 rings (SSSR count). The van der Waals surface area contributed by atoms with Gasteiger partial charge in [0, 0.05) is 26.3 Å². The van der Waals surface area contributed by atoms with Crippen LogP contribution in [-0.2, 0) is 14.3 Å². The van der Waals surface area contributed by atoms with Gasteiger partial charge >= 0.3 is 0 Å². The van der Waals surface area contributed by atoms with Crippen molar-refractivity contribution in [1.29, 1.82) is 0 Å². The van der Waals surface area contributed by atoms with E-state index in [1.807, 2.05) is 4.90 Å². The third-order valence-corrected chi connectivity index (χ3v) is 4.45. The molecule has 1 atom stereocenters. The van der Waals surface area contributed by atoms with E-state index in [9.17, 15) is 9.59 Å². The Labute approximate surface area is 165 Å². The minimum atomic E-state index is -0.542. The zero-order valence-corrected chi connectivity index (χ0v) is 16.0. The van der Waals surface area contributed by atoms with Gasteiger partial charge in [0.2, 0.25) is 11.8 Å². The van der Waals surface area contributed by atoms with Crippen molar-refractivity contribution in [3.05, 3.63) is 18.3 Å². The minimum Gasteiger partial charge on any atom is -0.381 e. The first-order chi connectivity index (χ1) is 11.6. The summed E-state index contributed by atoms with van der Waals surface area (Å²) in [6.07, 6.45) is 3.21. The number of anilines is 2. The van der Waals surface area contributed by atoms with E-state index in [1.54, 1.807) is 18.3 Å². The molecule has 1 unspecified atom stereocenters. The lowest BCUT2D eigenvalue weighted by Gasteiger charge is -2.28. The molecule has 1 aromatic rings. The summed E-state index contributed by atoms with van der Waals surface area (Å²) in [6, 6.07) is 3.04. The van der Waals surface area contributed by atoms with Crippen LogP contribution in [0, 0.1) is 5.92 Å². The van der Waals surface area contributed by atoms with Crippen LogP contribution in [0.25, 0.3) is 0 Å². The van der Waals surface area contributed by atoms with Crippen LogP contribution in [0.5, 0.6) is 0 Å². The van der Waals surface area contributed by atoms with Crippen LogP contribution in [-0.4, -0.2) is 55.7 Å². The lowest BCUT2D eigenvalue weighted by atomic mass is 9.92. The Morgan fingerprint density at radius 3 is 2.69 bits per heavy atom. The summed E-state index contributed by atoms with van der Waals surface area (Å²) in [7, 11) is 0. The molecule has 146 valence electrons. The standard InChI is InChI=1S/C16H23N5O3.2ClH/c17-15(11-3-7-24-8-4-11)16(23)20-12-1-2-13(19-9-12)21-6-5-18-14(22)10-21;;/h1-2,9,11,15H,3-8,10,17H2,(H,18,22)(H,20,23);2*1H. The maximum absolute atomic E-state index is 12.3. The fourth-order valence-electron chi connectivity index (χ4n) is 3.00. The third-order valence-electron chi connectivity index (χ3n) is 4.45. The molecule has 1 aromatic heterocycles. The highest BCUT2D eigenvalue weighted by molar-refractivity contribution is 5.94. The van der Waals surface area contributed by atoms with Gasteiger partial charge in [-0.2, -0.15) is 0 Å². The van der Waals surface area contributed by atoms with Gasteiger partial charge in [-0.3, -0.25) is 9.59 Å². The molecule has 4 N–H and O–H groups in total. The van der Waals surface area contributed by atoms with E-state index >= 15 is 0 Å². The van der Waals surface area contributed by atoms with Gasteiger partial charge in [-0.05, 0) is 30.9 Å². The van der Waals surface area contributed by atoms with Gasteiger partial charge in [-0.1, -0.05) is 0 Å². The molecule has 0 spiro atoms. The molecular weight excluding hydrogens is 381 g/mol. The highest BCUT2D eigenvalue weighted by Crippen LogP contribution is 2.19. The average molecular weight is 406 g/mol. The van der Waals surface area contributed by atoms with E-state index < -0.39 is 6.04 Å². The molecule has 0 aliphatic carbocycles. The molecular formula is C16H25Cl2N5O3. The Kier molecular flexibility index (Phi) is 9.07. The monoisotopic (exact) mass is 405 g/mol. The summed E-state index contributed by atoms with van der Waals surface area (Å²) in [5.74, 6) is 0.658. The Bertz CT molecular complexity index is 596. The molecule has 0 bridgehead atoms. The summed E-state index contributed by atoms with van der Waals surface area (Å²) in [4.78, 5) is 29.9. The predicted octanol–water partition coefficient (Wildman–Crippen LogP) is 0.554. The summed E-state index contributed by atoms with van der Waals surface area (Å²) in [6.45, 7) is 2.95. The van der Waals surface area contributed by atoms with E-state index in [0.29, 0.717) is 32.0 Å². The number of pyridine rings is 1. The number of ether oxygens (including phenoxy) is 1. The first-order valence-electron chi connectivity index (χ1n) is 8.25. The molecule has 3 heterocycles. The fourth-order valence-corrected chi connectivity index (χ4v) is 3.00. The van der Waals surface area contributed by atoms with Crippen molar-refractivity contribution in [2.75, 3.05) is 43.1 Å². The SMILES string of the molecule is Cl.Cl.NC(C(=O)Nc1ccc(N2CCNC(=O)C2)nc1)C1CCOCC1. The molecule has 10 heteroatoms. The molecule has 0 saturated carbocycles. The van der Waals surface area contributed by atoms with Crippen molar-refractivity contribution in [2.24, 2.45) is 11.7 Å². The Hall–Kier alpha value is -1.61.